The smallest absolute Gasteiger partial charge is 0.309 e. The first-order valence-corrected chi connectivity index (χ1v) is 6.67. The van der Waals surface area contributed by atoms with Crippen molar-refractivity contribution in [3.05, 3.63) is 35.2 Å². The minimum absolute atomic E-state index is 0.197. The van der Waals surface area contributed by atoms with Crippen LogP contribution in [0, 0.1) is 6.92 Å². The molecule has 3 nitrogen and oxygen atoms in total. The predicted octanol–water partition coefficient (Wildman–Crippen LogP) is 3.56. The summed E-state index contributed by atoms with van der Waals surface area (Å²) in [6, 6.07) is 5.93. The van der Waals surface area contributed by atoms with Crippen LogP contribution in [0.3, 0.4) is 0 Å². The summed E-state index contributed by atoms with van der Waals surface area (Å²) in [5.41, 5.74) is 1.18. The molecule has 0 radical (unpaired) electrons. The predicted molar refractivity (Wildman–Crippen MR) is 74.0 cm³/mol. The Hall–Kier alpha value is -1.42. The summed E-state index contributed by atoms with van der Waals surface area (Å²) in [5, 5.41) is 1.90. The maximum absolute atomic E-state index is 11.1. The van der Waals surface area contributed by atoms with E-state index in [0.717, 1.165) is 10.6 Å². The van der Waals surface area contributed by atoms with Gasteiger partial charge in [0, 0.05) is 4.90 Å². The van der Waals surface area contributed by atoms with E-state index >= 15 is 0 Å². The molecule has 1 aromatic carbocycles. The second-order valence-corrected chi connectivity index (χ2v) is 4.58. The molecule has 0 unspecified atom stereocenters. The number of esters is 1. The summed E-state index contributed by atoms with van der Waals surface area (Å²) in [4.78, 5) is 12.2. The van der Waals surface area contributed by atoms with Crippen molar-refractivity contribution in [1.29, 1.82) is 0 Å². The molecule has 0 aliphatic rings. The molecule has 0 heterocycles. The minimum atomic E-state index is -0.197. The fourth-order valence-corrected chi connectivity index (χ4v) is 2.10. The highest BCUT2D eigenvalue weighted by atomic mass is 32.2. The Morgan fingerprint density at radius 3 is 2.89 bits per heavy atom. The Labute approximate surface area is 112 Å². The van der Waals surface area contributed by atoms with Gasteiger partial charge >= 0.3 is 5.97 Å². The summed E-state index contributed by atoms with van der Waals surface area (Å²) in [6.45, 7) is 4.27. The van der Waals surface area contributed by atoms with Crippen molar-refractivity contribution in [2.24, 2.45) is 0 Å². The van der Waals surface area contributed by atoms with Crippen LogP contribution in [0.1, 0.15) is 18.9 Å². The molecule has 0 spiro atoms. The van der Waals surface area contributed by atoms with Crippen molar-refractivity contribution in [3.63, 3.8) is 0 Å². The van der Waals surface area contributed by atoms with Crippen molar-refractivity contribution < 1.29 is 14.3 Å². The number of ether oxygens (including phenoxy) is 2. The summed E-state index contributed by atoms with van der Waals surface area (Å²) < 4.78 is 10.0. The molecule has 0 saturated heterocycles. The molecule has 4 heteroatoms. The van der Waals surface area contributed by atoms with Crippen molar-refractivity contribution in [2.75, 3.05) is 13.7 Å². The van der Waals surface area contributed by atoms with Gasteiger partial charge in [-0.1, -0.05) is 23.9 Å². The van der Waals surface area contributed by atoms with Gasteiger partial charge in [-0.15, -0.1) is 0 Å². The number of carbonyl (C=O) groups is 1. The number of thioether (sulfide) groups is 1. The van der Waals surface area contributed by atoms with E-state index in [9.17, 15) is 4.79 Å². The van der Waals surface area contributed by atoms with E-state index in [4.69, 9.17) is 9.47 Å². The first kappa shape index (κ1) is 14.6. The van der Waals surface area contributed by atoms with Crippen LogP contribution in [-0.2, 0) is 9.53 Å². The van der Waals surface area contributed by atoms with E-state index < -0.39 is 0 Å². The van der Waals surface area contributed by atoms with E-state index in [1.807, 2.05) is 36.6 Å². The lowest BCUT2D eigenvalue weighted by Crippen LogP contribution is -2.01. The fourth-order valence-electron chi connectivity index (χ4n) is 1.32. The molecule has 0 saturated carbocycles. The highest BCUT2D eigenvalue weighted by Crippen LogP contribution is 2.27. The maximum atomic E-state index is 11.1. The third-order valence-electron chi connectivity index (χ3n) is 2.28. The number of aryl methyl sites for hydroxylation is 1. The molecule has 0 aliphatic carbocycles. The molecule has 0 bridgehead atoms. The third kappa shape index (κ3) is 4.84. The number of rotatable bonds is 6. The lowest BCUT2D eigenvalue weighted by Gasteiger charge is -2.05. The Bertz CT molecular complexity index is 427. The van der Waals surface area contributed by atoms with E-state index in [1.165, 1.54) is 5.56 Å². The van der Waals surface area contributed by atoms with Crippen LogP contribution in [0.5, 0.6) is 5.75 Å². The molecular weight excluding hydrogens is 248 g/mol. The van der Waals surface area contributed by atoms with Gasteiger partial charge in [-0.2, -0.15) is 0 Å². The molecule has 0 N–H and O–H groups in total. The van der Waals surface area contributed by atoms with Gasteiger partial charge in [-0.05, 0) is 37.0 Å². The zero-order valence-electron chi connectivity index (χ0n) is 10.9. The zero-order valence-corrected chi connectivity index (χ0v) is 11.8. The quantitative estimate of drug-likeness (QED) is 0.582. The number of methoxy groups -OCH3 is 1. The molecule has 0 fully saturated rings. The molecule has 0 atom stereocenters. The molecule has 0 amide bonds. The van der Waals surface area contributed by atoms with Gasteiger partial charge < -0.3 is 9.47 Å². The standard InChI is InChI=1S/C14H18O3S/c1-4-17-14(15)6-5-9-18-13-10-12(16-3)8-7-11(13)2/h5,7-10H,4,6H2,1-3H3/b9-5+. The van der Waals surface area contributed by atoms with Crippen LogP contribution < -0.4 is 4.74 Å². The highest BCUT2D eigenvalue weighted by Gasteiger charge is 2.00. The zero-order chi connectivity index (χ0) is 13.4. The molecular formula is C14H18O3S. The van der Waals surface area contributed by atoms with Gasteiger partial charge in [-0.25, -0.2) is 0 Å². The van der Waals surface area contributed by atoms with Gasteiger partial charge in [0.25, 0.3) is 0 Å². The average molecular weight is 266 g/mol. The van der Waals surface area contributed by atoms with Gasteiger partial charge in [-0.3, -0.25) is 4.79 Å². The summed E-state index contributed by atoms with van der Waals surface area (Å²) in [7, 11) is 1.65. The fraction of sp³-hybridized carbons (Fsp3) is 0.357. The van der Waals surface area contributed by atoms with Crippen molar-refractivity contribution in [3.8, 4) is 5.75 Å². The van der Waals surface area contributed by atoms with E-state index in [2.05, 4.69) is 0 Å². The summed E-state index contributed by atoms with van der Waals surface area (Å²) in [5.74, 6) is 0.638. The number of benzene rings is 1. The Morgan fingerprint density at radius 2 is 2.22 bits per heavy atom. The molecule has 0 aliphatic heterocycles. The molecule has 1 aromatic rings. The van der Waals surface area contributed by atoms with Crippen molar-refractivity contribution >= 4 is 17.7 Å². The van der Waals surface area contributed by atoms with E-state index in [-0.39, 0.29) is 5.97 Å². The monoisotopic (exact) mass is 266 g/mol. The average Bonchev–Trinajstić information content (AvgIpc) is 2.37. The SMILES string of the molecule is CCOC(=O)C/C=C/Sc1cc(OC)ccc1C. The topological polar surface area (TPSA) is 35.5 Å². The van der Waals surface area contributed by atoms with E-state index in [0.29, 0.717) is 13.0 Å². The Kier molecular flexibility index (Phi) is 6.36. The number of hydrogen-bond donors (Lipinski definition) is 0. The third-order valence-corrected chi connectivity index (χ3v) is 3.30. The number of hydrogen-bond acceptors (Lipinski definition) is 4. The van der Waals surface area contributed by atoms with Crippen LogP contribution in [0.2, 0.25) is 0 Å². The number of carbonyl (C=O) groups excluding carboxylic acids is 1. The second kappa shape index (κ2) is 7.82. The largest absolute Gasteiger partial charge is 0.497 e. The lowest BCUT2D eigenvalue weighted by molar-refractivity contribution is -0.142. The highest BCUT2D eigenvalue weighted by molar-refractivity contribution is 8.02. The Balaban J connectivity index is 2.52. The molecule has 18 heavy (non-hydrogen) atoms. The molecule has 0 aromatic heterocycles. The Morgan fingerprint density at radius 1 is 1.44 bits per heavy atom. The minimum Gasteiger partial charge on any atom is -0.497 e. The second-order valence-electron chi connectivity index (χ2n) is 3.63. The van der Waals surface area contributed by atoms with E-state index in [1.54, 1.807) is 25.8 Å². The normalized spacial score (nSPS) is 10.6. The van der Waals surface area contributed by atoms with Crippen LogP contribution in [0.15, 0.2) is 34.6 Å². The summed E-state index contributed by atoms with van der Waals surface area (Å²) >= 11 is 1.57. The van der Waals surface area contributed by atoms with Crippen molar-refractivity contribution in [1.82, 2.24) is 0 Å². The molecule has 98 valence electrons. The van der Waals surface area contributed by atoms with Gasteiger partial charge in [0.2, 0.25) is 0 Å². The molecule has 1 rings (SSSR count). The van der Waals surface area contributed by atoms with Crippen LogP contribution in [-0.4, -0.2) is 19.7 Å². The van der Waals surface area contributed by atoms with Gasteiger partial charge in [0.05, 0.1) is 20.1 Å². The maximum Gasteiger partial charge on any atom is 0.309 e. The summed E-state index contributed by atoms with van der Waals surface area (Å²) in [6.07, 6.45) is 2.12. The lowest BCUT2D eigenvalue weighted by atomic mass is 10.2. The van der Waals surface area contributed by atoms with Crippen molar-refractivity contribution in [2.45, 2.75) is 25.2 Å². The van der Waals surface area contributed by atoms with Gasteiger partial charge in [0.1, 0.15) is 5.75 Å². The first-order valence-electron chi connectivity index (χ1n) is 5.79. The van der Waals surface area contributed by atoms with Crippen LogP contribution in [0.4, 0.5) is 0 Å². The van der Waals surface area contributed by atoms with Crippen LogP contribution in [0.25, 0.3) is 0 Å². The van der Waals surface area contributed by atoms with Gasteiger partial charge in [0.15, 0.2) is 0 Å². The van der Waals surface area contributed by atoms with Crippen LogP contribution >= 0.6 is 11.8 Å². The first-order chi connectivity index (χ1) is 8.67.